The van der Waals surface area contributed by atoms with Crippen LogP contribution in [0.3, 0.4) is 0 Å². The molecule has 0 saturated heterocycles. The van der Waals surface area contributed by atoms with Crippen molar-refractivity contribution in [3.63, 3.8) is 0 Å². The number of methoxy groups -OCH3 is 1. The zero-order valence-electron chi connectivity index (χ0n) is 11.8. The van der Waals surface area contributed by atoms with Crippen molar-refractivity contribution in [3.05, 3.63) is 29.8 Å². The average Bonchev–Trinajstić information content (AvgIpc) is 2.46. The number of hydrogen-bond donors (Lipinski definition) is 2. The molecule has 0 radical (unpaired) electrons. The Balaban J connectivity index is 0.00000400. The molecule has 7 nitrogen and oxygen atoms in total. The van der Waals surface area contributed by atoms with Crippen molar-refractivity contribution < 1.29 is 55.8 Å². The van der Waals surface area contributed by atoms with E-state index in [1.54, 1.807) is 31.4 Å². The molecule has 0 saturated carbocycles. The van der Waals surface area contributed by atoms with E-state index in [9.17, 15) is 9.59 Å². The average molecular weight is 485 g/mol. The number of amides is 1. The first kappa shape index (κ1) is 19.8. The molecule has 0 aliphatic rings. The molecule has 0 spiro atoms. The fourth-order valence-corrected chi connectivity index (χ4v) is 3.23. The third kappa shape index (κ3) is 6.88. The monoisotopic (exact) mass is 486 g/mol. The van der Waals surface area contributed by atoms with E-state index in [1.165, 1.54) is 0 Å². The SMILES string of the molecule is COC([CH2][Hg])CNC(=O)c1ccccc1OCC(=O)O.O. The van der Waals surface area contributed by atoms with E-state index in [4.69, 9.17) is 14.6 Å². The number of ether oxygens (including phenoxy) is 2. The molecule has 1 unspecified atom stereocenters. The second kappa shape index (κ2) is 10.5. The van der Waals surface area contributed by atoms with Crippen LogP contribution in [-0.2, 0) is 35.7 Å². The number of aliphatic carboxylic acids is 1. The maximum Gasteiger partial charge on any atom is -0.412 e. The predicted octanol–water partition coefficient (Wildman–Crippen LogP) is 0.0352. The van der Waals surface area contributed by atoms with Crippen molar-refractivity contribution >= 4 is 11.9 Å². The Bertz CT molecular complexity index is 464. The minimum absolute atomic E-state index is 0. The van der Waals surface area contributed by atoms with Crippen molar-refractivity contribution in [2.24, 2.45) is 0 Å². The second-order valence-corrected chi connectivity index (χ2v) is 6.28. The normalized spacial score (nSPS) is 11.2. The van der Waals surface area contributed by atoms with Gasteiger partial charge >= 0.3 is 133 Å². The Morgan fingerprint density at radius 1 is 1.38 bits per heavy atom. The number of nitrogens with one attached hydrogen (secondary N) is 1. The van der Waals surface area contributed by atoms with Gasteiger partial charge in [0.05, 0.1) is 0 Å². The van der Waals surface area contributed by atoms with Crippen molar-refractivity contribution in [2.75, 3.05) is 20.3 Å². The molecule has 21 heavy (non-hydrogen) atoms. The summed E-state index contributed by atoms with van der Waals surface area (Å²) in [6, 6.07) is 6.55. The van der Waals surface area contributed by atoms with Crippen LogP contribution in [0.4, 0.5) is 0 Å². The third-order valence-electron chi connectivity index (χ3n) is 2.63. The molecule has 0 aromatic heterocycles. The van der Waals surface area contributed by atoms with Crippen LogP contribution in [-0.4, -0.2) is 48.8 Å². The van der Waals surface area contributed by atoms with E-state index in [-0.39, 0.29) is 23.2 Å². The van der Waals surface area contributed by atoms with Crippen molar-refractivity contribution in [1.82, 2.24) is 5.32 Å². The topological polar surface area (TPSA) is 116 Å². The Morgan fingerprint density at radius 3 is 2.62 bits per heavy atom. The summed E-state index contributed by atoms with van der Waals surface area (Å²) in [5.74, 6) is -1.12. The summed E-state index contributed by atoms with van der Waals surface area (Å²) in [5, 5.41) is 11.4. The summed E-state index contributed by atoms with van der Waals surface area (Å²) in [5.41, 5.74) is 0.321. The zero-order valence-corrected chi connectivity index (χ0v) is 17.3. The quantitative estimate of drug-likeness (QED) is 0.505. The van der Waals surface area contributed by atoms with Gasteiger partial charge in [-0.1, -0.05) is 0 Å². The van der Waals surface area contributed by atoms with E-state index in [0.717, 1.165) is 3.93 Å². The number of rotatable bonds is 8. The smallest absolute Gasteiger partial charge is 0.412 e. The summed E-state index contributed by atoms with van der Waals surface area (Å²) in [6.07, 6.45) is 0.0365. The Labute approximate surface area is 138 Å². The first-order valence-electron chi connectivity index (χ1n) is 6.12. The summed E-state index contributed by atoms with van der Waals surface area (Å²) in [7, 11) is 1.62. The van der Waals surface area contributed by atoms with Gasteiger partial charge in [0.2, 0.25) is 0 Å². The van der Waals surface area contributed by atoms with Gasteiger partial charge in [-0.05, 0) is 0 Å². The summed E-state index contributed by atoms with van der Waals surface area (Å²) >= 11 is 0.605. The van der Waals surface area contributed by atoms with Crippen LogP contribution < -0.4 is 10.1 Å². The molecular formula is C13H18HgNO6. The van der Waals surface area contributed by atoms with Crippen molar-refractivity contribution in [2.45, 2.75) is 10.0 Å². The number of carboxylic acids is 1. The standard InChI is InChI=1S/C13H16NO5.Hg.H2O/c1-9(18-2)7-14-13(17)10-5-3-4-6-11(10)19-8-12(15)16;;/h3-6,9H,1,7-8H2,2H3,(H,14,17)(H,15,16);;1H2. The van der Waals surface area contributed by atoms with Crippen LogP contribution in [0.5, 0.6) is 5.75 Å². The van der Waals surface area contributed by atoms with Crippen LogP contribution in [0.25, 0.3) is 0 Å². The molecule has 113 valence electrons. The van der Waals surface area contributed by atoms with Gasteiger partial charge in [-0.25, -0.2) is 0 Å². The molecule has 1 amide bonds. The summed E-state index contributed by atoms with van der Waals surface area (Å²) in [4.78, 5) is 22.6. The van der Waals surface area contributed by atoms with E-state index in [0.29, 0.717) is 38.2 Å². The maximum atomic E-state index is 12.1. The summed E-state index contributed by atoms with van der Waals surface area (Å²) in [6.45, 7) is -0.0418. The molecule has 0 aliphatic heterocycles. The fraction of sp³-hybridized carbons (Fsp3) is 0.385. The van der Waals surface area contributed by atoms with Crippen LogP contribution in [0.1, 0.15) is 10.4 Å². The number of carboxylic acid groups (broad SMARTS) is 1. The minimum atomic E-state index is -1.09. The predicted molar refractivity (Wildman–Crippen MR) is 71.1 cm³/mol. The molecular weight excluding hydrogens is 467 g/mol. The van der Waals surface area contributed by atoms with Gasteiger partial charge in [0.25, 0.3) is 0 Å². The van der Waals surface area contributed by atoms with Gasteiger partial charge in [-0.3, -0.25) is 0 Å². The van der Waals surface area contributed by atoms with Gasteiger partial charge in [0.15, 0.2) is 0 Å². The molecule has 0 heterocycles. The molecule has 8 heteroatoms. The molecule has 4 N–H and O–H groups in total. The Hall–Kier alpha value is -1.18. The second-order valence-electron chi connectivity index (χ2n) is 4.03. The number of carbonyl (C=O) groups excluding carboxylic acids is 1. The van der Waals surface area contributed by atoms with E-state index >= 15 is 0 Å². The first-order chi connectivity index (χ1) is 9.58. The van der Waals surface area contributed by atoms with Crippen LogP contribution >= 0.6 is 0 Å². The Kier molecular flexibility index (Phi) is 9.93. The minimum Gasteiger partial charge on any atom is -0.412 e. The summed E-state index contributed by atoms with van der Waals surface area (Å²) < 4.78 is 11.3. The van der Waals surface area contributed by atoms with Gasteiger partial charge in [-0.15, -0.1) is 0 Å². The molecule has 1 rings (SSSR count). The largest absolute Gasteiger partial charge is 0.412 e. The van der Waals surface area contributed by atoms with E-state index in [1.807, 2.05) is 0 Å². The zero-order chi connectivity index (χ0) is 15.0. The fourth-order valence-electron chi connectivity index (χ4n) is 1.52. The molecule has 1 aromatic rings. The van der Waals surface area contributed by atoms with Crippen molar-refractivity contribution in [1.29, 1.82) is 0 Å². The number of hydrogen-bond acceptors (Lipinski definition) is 4. The van der Waals surface area contributed by atoms with Gasteiger partial charge in [0, 0.05) is 0 Å². The number of carbonyl (C=O) groups is 2. The Morgan fingerprint density at radius 2 is 2.05 bits per heavy atom. The first-order valence-corrected chi connectivity index (χ1v) is 10.0. The van der Waals surface area contributed by atoms with E-state index < -0.39 is 12.6 Å². The van der Waals surface area contributed by atoms with Crippen LogP contribution in [0.2, 0.25) is 3.93 Å². The van der Waals surface area contributed by atoms with Crippen LogP contribution in [0, 0.1) is 0 Å². The molecule has 0 bridgehead atoms. The third-order valence-corrected chi connectivity index (χ3v) is 5.13. The van der Waals surface area contributed by atoms with E-state index in [2.05, 4.69) is 5.32 Å². The molecule has 1 aromatic carbocycles. The van der Waals surface area contributed by atoms with Gasteiger partial charge < -0.3 is 5.48 Å². The number of benzene rings is 1. The van der Waals surface area contributed by atoms with Crippen molar-refractivity contribution in [3.8, 4) is 5.75 Å². The maximum absolute atomic E-state index is 12.1. The van der Waals surface area contributed by atoms with Gasteiger partial charge in [0.1, 0.15) is 0 Å². The molecule has 0 fully saturated rings. The molecule has 1 atom stereocenters. The van der Waals surface area contributed by atoms with Crippen LogP contribution in [0.15, 0.2) is 24.3 Å². The molecule has 0 aliphatic carbocycles. The van der Waals surface area contributed by atoms with Gasteiger partial charge in [-0.2, -0.15) is 0 Å². The number of para-hydroxylation sites is 1.